The van der Waals surface area contributed by atoms with Crippen molar-refractivity contribution in [2.24, 2.45) is 0 Å². The summed E-state index contributed by atoms with van der Waals surface area (Å²) in [6.45, 7) is -2.75. The zero-order chi connectivity index (χ0) is 22.4. The summed E-state index contributed by atoms with van der Waals surface area (Å²) in [4.78, 5) is 35.6. The van der Waals surface area contributed by atoms with Crippen LogP contribution in [0.4, 0.5) is 0 Å². The number of carbonyl (C=O) groups excluding carboxylic acids is 2. The second kappa shape index (κ2) is 2.30. The van der Waals surface area contributed by atoms with Gasteiger partial charge in [0.1, 0.15) is 11.5 Å². The topological polar surface area (TPSA) is 71.1 Å². The molecule has 1 spiro atoms. The van der Waals surface area contributed by atoms with Gasteiger partial charge in [0, 0.05) is 0 Å². The van der Waals surface area contributed by atoms with Crippen LogP contribution in [-0.4, -0.2) is 32.3 Å². The average molecular weight is 500 g/mol. The summed E-state index contributed by atoms with van der Waals surface area (Å²) < 4.78 is 22.4. The van der Waals surface area contributed by atoms with E-state index in [1.807, 2.05) is 0 Å². The summed E-state index contributed by atoms with van der Waals surface area (Å²) >= 11 is 0. The number of benzene rings is 2. The van der Waals surface area contributed by atoms with Crippen LogP contribution in [0.2, 0.25) is 47.7 Å². The predicted molar refractivity (Wildman–Crippen MR) is 117 cm³/mol. The first kappa shape index (κ1) is 16.2. The molecular formula is C27H24FeO6. The Morgan fingerprint density at radius 3 is 1.82 bits per heavy atom. The molecule has 12 rings (SSSR count). The number of rotatable bonds is 8. The standard InChI is InChI=1S/C22H19O6.C5H5.Fe/c1-25-18-10-12-20(13-11-18)28-22(24)17-6-8-19(9-7-17)26-14-15-27-21(23)16-4-2-3-5-16;1-2-4-5-3-1;/h2-13H,14-15H2,1H3;1-5H;. The molecule has 0 amide bonds. The zero-order valence-electron chi connectivity index (χ0n) is 18.5. The van der Waals surface area contributed by atoms with E-state index in [-0.39, 0.29) is 10.3 Å². The van der Waals surface area contributed by atoms with Crippen molar-refractivity contribution < 1.29 is 35.0 Å². The van der Waals surface area contributed by atoms with Crippen molar-refractivity contribution in [1.82, 2.24) is 0 Å². The first-order valence-electron chi connectivity index (χ1n) is 12.3. The molecule has 0 aromatic heterocycles. The van der Waals surface area contributed by atoms with E-state index in [0.29, 0.717) is 36.0 Å². The Morgan fingerprint density at radius 2 is 1.32 bits per heavy atom. The van der Waals surface area contributed by atoms with Crippen LogP contribution in [0.3, 0.4) is 0 Å². The fourth-order valence-corrected chi connectivity index (χ4v) is 92.2. The van der Waals surface area contributed by atoms with Gasteiger partial charge in [0.2, 0.25) is 0 Å². The van der Waals surface area contributed by atoms with Crippen LogP contribution >= 0.6 is 0 Å². The molecule has 34 heavy (non-hydrogen) atoms. The number of esters is 2. The molecular weight excluding hydrogens is 476 g/mol. The number of ether oxygens (including phenoxy) is 4. The van der Waals surface area contributed by atoms with Gasteiger partial charge in [-0.1, -0.05) is 0 Å². The van der Waals surface area contributed by atoms with Crippen molar-refractivity contribution in [2.45, 2.75) is 47.7 Å². The molecule has 0 radical (unpaired) electrons. The largest absolute Gasteiger partial charge is 0.0163 e. The molecule has 2 aromatic carbocycles. The first-order chi connectivity index (χ1) is 16.3. The molecule has 4 atom stereocenters. The van der Waals surface area contributed by atoms with Gasteiger partial charge in [-0.2, -0.15) is 0 Å². The van der Waals surface area contributed by atoms with Gasteiger partial charge >= 0.3 is 139 Å². The van der Waals surface area contributed by atoms with E-state index >= 15 is 0 Å². The van der Waals surface area contributed by atoms with E-state index in [0.717, 1.165) is 43.3 Å². The molecule has 176 valence electrons. The minimum absolute atomic E-state index is 0.158. The Hall–Kier alpha value is -2.50. The molecule has 10 heterocycles. The van der Waals surface area contributed by atoms with Crippen LogP contribution < -0.4 is 14.2 Å². The maximum Gasteiger partial charge on any atom is -0.0155 e. The summed E-state index contributed by atoms with van der Waals surface area (Å²) in [5, 5.41) is 0. The van der Waals surface area contributed by atoms with E-state index < -0.39 is 12.5 Å². The fourth-order valence-electron chi connectivity index (χ4n) is 18.6. The first-order valence-corrected chi connectivity index (χ1v) is 18.6. The maximum atomic E-state index is 13.4. The van der Waals surface area contributed by atoms with Gasteiger partial charge in [0.05, 0.1) is 7.11 Å². The quantitative estimate of drug-likeness (QED) is 0.204. The van der Waals surface area contributed by atoms with Gasteiger partial charge in [-0.15, -0.1) is 0 Å². The van der Waals surface area contributed by atoms with Crippen molar-refractivity contribution in [3.8, 4) is 17.2 Å². The third-order valence-electron chi connectivity index (χ3n) is 17.9. The molecule has 2 aromatic rings. The Labute approximate surface area is 186 Å². The van der Waals surface area contributed by atoms with Gasteiger partial charge in [-0.05, 0) is 24.3 Å². The zero-order valence-corrected chi connectivity index (χ0v) is 19.6. The summed E-state index contributed by atoms with van der Waals surface area (Å²) in [5.41, 5.74) is 0.442. The summed E-state index contributed by atoms with van der Waals surface area (Å²) in [5.74, 6) is 1.58. The van der Waals surface area contributed by atoms with Crippen molar-refractivity contribution in [3.05, 3.63) is 54.1 Å². The molecule has 10 aliphatic rings. The summed E-state index contributed by atoms with van der Waals surface area (Å²) in [6.07, 6.45) is 0. The van der Waals surface area contributed by atoms with E-state index in [9.17, 15) is 9.59 Å². The Bertz CT molecular complexity index is 1710. The van der Waals surface area contributed by atoms with E-state index in [4.69, 9.17) is 18.9 Å². The third kappa shape index (κ3) is 0.373. The van der Waals surface area contributed by atoms with Crippen LogP contribution in [0.5, 0.6) is 17.2 Å². The normalized spacial score (nSPS) is 64.7. The monoisotopic (exact) mass is 500 g/mol. The minimum Gasteiger partial charge on any atom is -0.0163 e. The van der Waals surface area contributed by atoms with Crippen molar-refractivity contribution in [1.29, 1.82) is 0 Å². The molecule has 4 unspecified atom stereocenters. The number of hydrogen-bond donors (Lipinski definition) is 0. The SMILES string of the molecule is COc1ccc(OC(=O)c2ccc(OCCOC(=O)[C]34[CH]5[CH]6[CH]7[CH]3[Fe]6754389%10[CH]4[CH]3[CH]8[CH]9[CH]4%10)cc2)cc1. The second-order valence-corrected chi connectivity index (χ2v) is 37.8. The van der Waals surface area contributed by atoms with Crippen molar-refractivity contribution in [2.75, 3.05) is 20.3 Å². The van der Waals surface area contributed by atoms with Gasteiger partial charge in [-0.25, -0.2) is 0 Å². The minimum atomic E-state index is -3.41. The summed E-state index contributed by atoms with van der Waals surface area (Å²) in [6, 6.07) is 13.7. The van der Waals surface area contributed by atoms with E-state index in [1.54, 1.807) is 55.6 Å². The van der Waals surface area contributed by atoms with E-state index in [1.165, 1.54) is 0 Å². The van der Waals surface area contributed by atoms with Gasteiger partial charge in [0.15, 0.2) is 0 Å². The molecule has 0 N–H and O–H groups in total. The van der Waals surface area contributed by atoms with E-state index in [2.05, 4.69) is 0 Å². The molecule has 0 saturated carbocycles. The van der Waals surface area contributed by atoms with Crippen LogP contribution in [-0.2, 0) is 16.0 Å². The van der Waals surface area contributed by atoms with Crippen LogP contribution in [0.25, 0.3) is 0 Å². The number of methoxy groups -OCH3 is 1. The number of carbonyl (C=O) groups is 2. The maximum absolute atomic E-state index is 13.4. The Balaban J connectivity index is 0.713. The van der Waals surface area contributed by atoms with Crippen LogP contribution in [0, 0.1) is 0 Å². The van der Waals surface area contributed by atoms with Crippen LogP contribution in [0.1, 0.15) is 10.4 Å². The number of hydrogen-bond acceptors (Lipinski definition) is 6. The molecule has 10 saturated heterocycles. The van der Waals surface area contributed by atoms with Crippen LogP contribution in [0.15, 0.2) is 48.5 Å². The molecule has 0 bridgehead atoms. The molecule has 7 heteroatoms. The number of fused-ring (bicyclic) bond motifs is 10. The molecule has 10 aliphatic heterocycles. The predicted octanol–water partition coefficient (Wildman–Crippen LogP) is 5.60. The smallest absolute Gasteiger partial charge is 0.0155 e. The Morgan fingerprint density at radius 1 is 0.765 bits per heavy atom. The summed E-state index contributed by atoms with van der Waals surface area (Å²) in [7, 11) is 1.59. The Kier molecular flexibility index (Phi) is 1.10. The van der Waals surface area contributed by atoms with Gasteiger partial charge < -0.3 is 4.74 Å². The second-order valence-electron chi connectivity index (χ2n) is 14.3. The molecule has 10 fully saturated rings. The fraction of sp³-hybridized carbons (Fsp3) is 0.481. The third-order valence-corrected chi connectivity index (χ3v) is 60.2. The van der Waals surface area contributed by atoms with Crippen molar-refractivity contribution in [3.63, 3.8) is 0 Å². The average Bonchev–Trinajstić information content (AvgIpc) is 3.80. The van der Waals surface area contributed by atoms with Gasteiger partial charge in [-0.3, -0.25) is 0 Å². The van der Waals surface area contributed by atoms with Crippen molar-refractivity contribution >= 4 is 11.9 Å². The molecule has 6 nitrogen and oxygen atoms in total. The van der Waals surface area contributed by atoms with Gasteiger partial charge in [0.25, 0.3) is 0 Å². The molecule has 0 aliphatic carbocycles.